The molecule has 1 unspecified atom stereocenters. The molecule has 9 rings (SSSR count). The Morgan fingerprint density at radius 2 is 1.31 bits per heavy atom. The molecule has 0 bridgehead atoms. The van der Waals surface area contributed by atoms with Crippen LogP contribution >= 0.6 is 11.3 Å². The number of para-hydroxylation sites is 1. The molecule has 1 aliphatic rings. The van der Waals surface area contributed by atoms with Crippen LogP contribution in [0.2, 0.25) is 0 Å². The monoisotopic (exact) mass is 597 g/mol. The maximum absolute atomic E-state index is 6.19. The number of hydrogen-bond acceptors (Lipinski definition) is 5. The minimum absolute atomic E-state index is 0.569. The summed E-state index contributed by atoms with van der Waals surface area (Å²) < 4.78 is 7.45. The standard InChI is InChI=1S/C40H27N3OS/c1-24-17-19-30-31-20-18-28(23-36(31)45-35(30)21-24)40-42-38(25-9-3-2-4-10-25)41-39(43-40)27-12-7-11-26(22-27)29-14-8-16-34-37(29)32-13-5-6-15-33(32)44-34/h2-20,22-24H,21H2,1H3. The summed E-state index contributed by atoms with van der Waals surface area (Å²) in [7, 11) is 0. The molecule has 0 N–H and O–H groups in total. The van der Waals surface area contributed by atoms with Crippen LogP contribution in [-0.2, 0) is 6.42 Å². The topological polar surface area (TPSA) is 51.8 Å². The third kappa shape index (κ3) is 4.47. The van der Waals surface area contributed by atoms with Crippen LogP contribution in [0.15, 0.2) is 126 Å². The average Bonchev–Trinajstić information content (AvgIpc) is 3.66. The summed E-state index contributed by atoms with van der Waals surface area (Å²) in [5.74, 6) is 2.54. The summed E-state index contributed by atoms with van der Waals surface area (Å²) in [5.41, 5.74) is 8.21. The lowest BCUT2D eigenvalue weighted by atomic mass is 9.95. The molecule has 0 fully saturated rings. The smallest absolute Gasteiger partial charge is 0.164 e. The van der Waals surface area contributed by atoms with Gasteiger partial charge in [-0.1, -0.05) is 110 Å². The van der Waals surface area contributed by atoms with E-state index in [4.69, 9.17) is 19.4 Å². The minimum atomic E-state index is 0.569. The van der Waals surface area contributed by atoms with Gasteiger partial charge in [0.25, 0.3) is 0 Å². The van der Waals surface area contributed by atoms with E-state index in [-0.39, 0.29) is 0 Å². The maximum atomic E-state index is 6.19. The van der Waals surface area contributed by atoms with Crippen LogP contribution in [0.4, 0.5) is 0 Å². The van der Waals surface area contributed by atoms with E-state index >= 15 is 0 Å². The largest absolute Gasteiger partial charge is 0.456 e. The van der Waals surface area contributed by atoms with E-state index in [1.165, 1.54) is 20.5 Å². The molecular weight excluding hydrogens is 571 g/mol. The first-order valence-electron chi connectivity index (χ1n) is 15.2. The second-order valence-corrected chi connectivity index (χ2v) is 12.9. The van der Waals surface area contributed by atoms with Gasteiger partial charge in [-0.05, 0) is 58.7 Å². The zero-order valence-electron chi connectivity index (χ0n) is 24.6. The number of furan rings is 1. The van der Waals surface area contributed by atoms with Crippen LogP contribution in [0.1, 0.15) is 17.4 Å². The minimum Gasteiger partial charge on any atom is -0.456 e. The Morgan fingerprint density at radius 3 is 2.18 bits per heavy atom. The fraction of sp³-hybridized carbons (Fsp3) is 0.0750. The van der Waals surface area contributed by atoms with Crippen molar-refractivity contribution in [2.45, 2.75) is 13.3 Å². The van der Waals surface area contributed by atoms with Crippen LogP contribution in [0.5, 0.6) is 0 Å². The van der Waals surface area contributed by atoms with Crippen molar-refractivity contribution >= 4 is 49.4 Å². The van der Waals surface area contributed by atoms with Gasteiger partial charge >= 0.3 is 0 Å². The number of fused-ring (bicyclic) bond motifs is 6. The zero-order chi connectivity index (χ0) is 29.9. The number of nitrogens with zero attached hydrogens (tertiary/aromatic N) is 3. The molecular formula is C40H27N3OS. The van der Waals surface area contributed by atoms with E-state index in [2.05, 4.69) is 85.8 Å². The van der Waals surface area contributed by atoms with Crippen molar-refractivity contribution in [2.75, 3.05) is 0 Å². The summed E-state index contributed by atoms with van der Waals surface area (Å²) >= 11 is 1.89. The van der Waals surface area contributed by atoms with Gasteiger partial charge in [0.2, 0.25) is 0 Å². The molecule has 0 amide bonds. The zero-order valence-corrected chi connectivity index (χ0v) is 25.4. The number of allylic oxidation sites excluding steroid dienone is 1. The van der Waals surface area contributed by atoms with Gasteiger partial charge in [-0.15, -0.1) is 11.3 Å². The van der Waals surface area contributed by atoms with Gasteiger partial charge in [-0.3, -0.25) is 0 Å². The Hall–Kier alpha value is -5.39. The van der Waals surface area contributed by atoms with Crippen molar-refractivity contribution in [3.05, 3.63) is 132 Å². The first kappa shape index (κ1) is 26.1. The third-order valence-electron chi connectivity index (χ3n) is 8.66. The first-order valence-corrected chi connectivity index (χ1v) is 16.1. The molecule has 3 heterocycles. The molecule has 1 aliphatic carbocycles. The summed E-state index contributed by atoms with van der Waals surface area (Å²) in [4.78, 5) is 16.6. The van der Waals surface area contributed by atoms with Crippen LogP contribution in [0.25, 0.3) is 83.4 Å². The quantitative estimate of drug-likeness (QED) is 0.202. The number of aromatic nitrogens is 3. The molecule has 0 aliphatic heterocycles. The van der Waals surface area contributed by atoms with Gasteiger partial charge in [0.1, 0.15) is 11.2 Å². The van der Waals surface area contributed by atoms with Crippen molar-refractivity contribution in [3.63, 3.8) is 0 Å². The molecule has 0 saturated heterocycles. The fourth-order valence-corrected chi connectivity index (χ4v) is 7.83. The van der Waals surface area contributed by atoms with Crippen molar-refractivity contribution in [1.82, 2.24) is 15.0 Å². The predicted octanol–water partition coefficient (Wildman–Crippen LogP) is 10.9. The molecule has 5 aromatic carbocycles. The van der Waals surface area contributed by atoms with Crippen molar-refractivity contribution in [2.24, 2.45) is 5.92 Å². The number of hydrogen-bond donors (Lipinski definition) is 0. The summed E-state index contributed by atoms with van der Waals surface area (Å²) in [5, 5.41) is 3.52. The highest BCUT2D eigenvalue weighted by molar-refractivity contribution is 7.19. The number of thiophene rings is 1. The first-order chi connectivity index (χ1) is 22.2. The van der Waals surface area contributed by atoms with Gasteiger partial charge in [-0.25, -0.2) is 15.0 Å². The normalized spacial score (nSPS) is 14.4. The van der Waals surface area contributed by atoms with E-state index in [1.807, 2.05) is 59.9 Å². The lowest BCUT2D eigenvalue weighted by Crippen LogP contribution is -2.00. The third-order valence-corrected chi connectivity index (χ3v) is 9.85. The average molecular weight is 598 g/mol. The SMILES string of the molecule is CC1C=Cc2c(sc3cc(-c4nc(-c5ccccc5)nc(-c5cccc(-c6cccc7oc8ccccc8c67)c5)n4)ccc23)C1. The number of benzene rings is 5. The molecule has 8 aromatic rings. The van der Waals surface area contributed by atoms with Crippen LogP contribution in [-0.4, -0.2) is 15.0 Å². The second kappa shape index (κ2) is 10.4. The second-order valence-electron chi connectivity index (χ2n) is 11.7. The molecule has 3 aromatic heterocycles. The number of rotatable bonds is 4. The molecule has 0 radical (unpaired) electrons. The Morgan fingerprint density at radius 1 is 0.622 bits per heavy atom. The highest BCUT2D eigenvalue weighted by Gasteiger charge is 2.19. The molecule has 0 spiro atoms. The Labute approximate surface area is 264 Å². The van der Waals surface area contributed by atoms with Crippen LogP contribution in [0.3, 0.4) is 0 Å². The molecule has 214 valence electrons. The lowest BCUT2D eigenvalue weighted by Gasteiger charge is -2.11. The van der Waals surface area contributed by atoms with E-state index in [9.17, 15) is 0 Å². The van der Waals surface area contributed by atoms with Crippen LogP contribution < -0.4 is 0 Å². The molecule has 4 nitrogen and oxygen atoms in total. The lowest BCUT2D eigenvalue weighted by molar-refractivity contribution is 0.669. The van der Waals surface area contributed by atoms with Gasteiger partial charge in [0.05, 0.1) is 0 Å². The highest BCUT2D eigenvalue weighted by atomic mass is 32.1. The van der Waals surface area contributed by atoms with E-state index in [0.29, 0.717) is 23.4 Å². The van der Waals surface area contributed by atoms with Crippen molar-refractivity contribution in [1.29, 1.82) is 0 Å². The summed E-state index contributed by atoms with van der Waals surface area (Å²) in [6, 6.07) is 39.7. The van der Waals surface area contributed by atoms with E-state index < -0.39 is 0 Å². The summed E-state index contributed by atoms with van der Waals surface area (Å²) in [6.07, 6.45) is 5.69. The fourth-order valence-electron chi connectivity index (χ4n) is 6.45. The van der Waals surface area contributed by atoms with Crippen molar-refractivity contribution in [3.8, 4) is 45.3 Å². The van der Waals surface area contributed by atoms with Crippen molar-refractivity contribution < 1.29 is 4.42 Å². The Balaban J connectivity index is 1.20. The molecule has 1 atom stereocenters. The van der Waals surface area contributed by atoms with Gasteiger partial charge < -0.3 is 4.42 Å². The predicted molar refractivity (Wildman–Crippen MR) is 186 cm³/mol. The van der Waals surface area contributed by atoms with Gasteiger partial charge in [0, 0.05) is 37.0 Å². The van der Waals surface area contributed by atoms with E-state index in [1.54, 1.807) is 0 Å². The van der Waals surface area contributed by atoms with Crippen LogP contribution in [0, 0.1) is 5.92 Å². The van der Waals surface area contributed by atoms with E-state index in [0.717, 1.165) is 56.2 Å². The van der Waals surface area contributed by atoms with Gasteiger partial charge in [-0.2, -0.15) is 0 Å². The van der Waals surface area contributed by atoms with Gasteiger partial charge in [0.15, 0.2) is 17.5 Å². The molecule has 0 saturated carbocycles. The molecule has 5 heteroatoms. The summed E-state index contributed by atoms with van der Waals surface area (Å²) in [6.45, 7) is 2.28. The maximum Gasteiger partial charge on any atom is 0.164 e. The molecule has 45 heavy (non-hydrogen) atoms. The Bertz CT molecular complexity index is 2440. The highest BCUT2D eigenvalue weighted by Crippen LogP contribution is 2.40. The Kier molecular flexibility index (Phi) is 6.00.